The first kappa shape index (κ1) is 8.94. The molecule has 0 radical (unpaired) electrons. The van der Waals surface area contributed by atoms with Crippen LogP contribution in [0.5, 0.6) is 0 Å². The Bertz CT molecular complexity index is 119. The molecule has 1 aliphatic heterocycles. The lowest BCUT2D eigenvalue weighted by molar-refractivity contribution is 0.386. The third kappa shape index (κ3) is 2.42. The largest absolute Gasteiger partial charge is 0.310 e. The monoisotopic (exact) mass is 160 g/mol. The zero-order valence-corrected chi connectivity index (χ0v) is 7.31. The van der Waals surface area contributed by atoms with E-state index in [0.717, 1.165) is 13.1 Å². The zero-order chi connectivity index (χ0) is 8.27. The number of likely N-dealkylation sites (N-methyl/N-ethyl adjacent to an activating group) is 1. The number of hydrogen-bond acceptors (Lipinski definition) is 2. The smallest absolute Gasteiger partial charge is 0.102 e. The number of halogens is 1. The Hall–Kier alpha value is -0.150. The maximum absolute atomic E-state index is 11.8. The van der Waals surface area contributed by atoms with Crippen LogP contribution in [-0.4, -0.2) is 44.3 Å². The van der Waals surface area contributed by atoms with Crippen LogP contribution in [0.3, 0.4) is 0 Å². The standard InChI is InChI=1S/C8H17FN2/c1-7-5-11(2)6-8(7)10-4-3-9/h7-8,10H,3-6H2,1-2H3. The summed E-state index contributed by atoms with van der Waals surface area (Å²) >= 11 is 0. The van der Waals surface area contributed by atoms with Crippen molar-refractivity contribution in [2.45, 2.75) is 13.0 Å². The first-order valence-electron chi connectivity index (χ1n) is 4.22. The highest BCUT2D eigenvalue weighted by Crippen LogP contribution is 2.13. The summed E-state index contributed by atoms with van der Waals surface area (Å²) in [4.78, 5) is 2.28. The molecule has 0 saturated carbocycles. The van der Waals surface area contributed by atoms with Crippen molar-refractivity contribution in [1.82, 2.24) is 10.2 Å². The second kappa shape index (κ2) is 4.02. The van der Waals surface area contributed by atoms with Crippen LogP contribution in [0.4, 0.5) is 4.39 Å². The van der Waals surface area contributed by atoms with Crippen molar-refractivity contribution < 1.29 is 4.39 Å². The Morgan fingerprint density at radius 3 is 2.73 bits per heavy atom. The molecule has 3 heteroatoms. The molecule has 66 valence electrons. The molecule has 2 nitrogen and oxygen atoms in total. The van der Waals surface area contributed by atoms with Crippen molar-refractivity contribution >= 4 is 0 Å². The van der Waals surface area contributed by atoms with Crippen LogP contribution in [0.1, 0.15) is 6.92 Å². The third-order valence-electron chi connectivity index (χ3n) is 2.30. The second-order valence-corrected chi connectivity index (χ2v) is 3.45. The molecule has 1 rings (SSSR count). The lowest BCUT2D eigenvalue weighted by Crippen LogP contribution is -2.36. The maximum Gasteiger partial charge on any atom is 0.102 e. The molecular weight excluding hydrogens is 143 g/mol. The summed E-state index contributed by atoms with van der Waals surface area (Å²) < 4.78 is 11.8. The molecule has 11 heavy (non-hydrogen) atoms. The van der Waals surface area contributed by atoms with Gasteiger partial charge in [-0.2, -0.15) is 0 Å². The lowest BCUT2D eigenvalue weighted by Gasteiger charge is -2.14. The maximum atomic E-state index is 11.8. The molecule has 1 heterocycles. The molecule has 1 N–H and O–H groups in total. The van der Waals surface area contributed by atoms with Crippen molar-refractivity contribution in [1.29, 1.82) is 0 Å². The highest BCUT2D eigenvalue weighted by molar-refractivity contribution is 4.84. The minimum absolute atomic E-state index is 0.257. The number of rotatable bonds is 3. The fourth-order valence-electron chi connectivity index (χ4n) is 1.71. The van der Waals surface area contributed by atoms with Crippen molar-refractivity contribution in [3.8, 4) is 0 Å². The van der Waals surface area contributed by atoms with Crippen LogP contribution in [0.2, 0.25) is 0 Å². The highest BCUT2D eigenvalue weighted by atomic mass is 19.1. The lowest BCUT2D eigenvalue weighted by atomic mass is 10.1. The van der Waals surface area contributed by atoms with Gasteiger partial charge < -0.3 is 10.2 Å². The first-order valence-corrected chi connectivity index (χ1v) is 4.22. The predicted molar refractivity (Wildman–Crippen MR) is 44.4 cm³/mol. The van der Waals surface area contributed by atoms with E-state index >= 15 is 0 Å². The summed E-state index contributed by atoms with van der Waals surface area (Å²) in [7, 11) is 2.10. The van der Waals surface area contributed by atoms with Crippen molar-refractivity contribution in [2.75, 3.05) is 33.4 Å². The molecule has 0 aromatic heterocycles. The molecule has 1 fully saturated rings. The van der Waals surface area contributed by atoms with Gasteiger partial charge in [-0.05, 0) is 13.0 Å². The number of hydrogen-bond donors (Lipinski definition) is 1. The molecule has 2 unspecified atom stereocenters. The summed E-state index contributed by atoms with van der Waals surface area (Å²) in [6.07, 6.45) is 0. The molecule has 0 aromatic carbocycles. The van der Waals surface area contributed by atoms with Gasteiger partial charge >= 0.3 is 0 Å². The van der Waals surface area contributed by atoms with Gasteiger partial charge in [0.1, 0.15) is 6.67 Å². The van der Waals surface area contributed by atoms with Gasteiger partial charge in [-0.25, -0.2) is 4.39 Å². The van der Waals surface area contributed by atoms with E-state index in [-0.39, 0.29) is 6.67 Å². The van der Waals surface area contributed by atoms with E-state index in [0.29, 0.717) is 18.5 Å². The van der Waals surface area contributed by atoms with Crippen LogP contribution in [0.25, 0.3) is 0 Å². The molecule has 0 bridgehead atoms. The van der Waals surface area contributed by atoms with E-state index in [2.05, 4.69) is 24.2 Å². The molecule has 0 aromatic rings. The van der Waals surface area contributed by atoms with Crippen molar-refractivity contribution in [2.24, 2.45) is 5.92 Å². The summed E-state index contributed by atoms with van der Waals surface area (Å²) in [6.45, 7) is 4.64. The van der Waals surface area contributed by atoms with Gasteiger partial charge in [0.25, 0.3) is 0 Å². The Morgan fingerprint density at radius 1 is 1.55 bits per heavy atom. The number of likely N-dealkylation sites (tertiary alicyclic amines) is 1. The van der Waals surface area contributed by atoms with E-state index in [1.165, 1.54) is 0 Å². The fraction of sp³-hybridized carbons (Fsp3) is 1.00. The van der Waals surface area contributed by atoms with Gasteiger partial charge in [-0.3, -0.25) is 0 Å². The first-order chi connectivity index (χ1) is 5.24. The third-order valence-corrected chi connectivity index (χ3v) is 2.30. The van der Waals surface area contributed by atoms with E-state index in [4.69, 9.17) is 0 Å². The molecule has 0 spiro atoms. The van der Waals surface area contributed by atoms with E-state index in [9.17, 15) is 4.39 Å². The second-order valence-electron chi connectivity index (χ2n) is 3.45. The van der Waals surface area contributed by atoms with Crippen LogP contribution in [-0.2, 0) is 0 Å². The number of alkyl halides is 1. The van der Waals surface area contributed by atoms with E-state index < -0.39 is 0 Å². The topological polar surface area (TPSA) is 15.3 Å². The number of nitrogens with one attached hydrogen (secondary N) is 1. The Kier molecular flexibility index (Phi) is 3.27. The Morgan fingerprint density at radius 2 is 2.27 bits per heavy atom. The van der Waals surface area contributed by atoms with Crippen molar-refractivity contribution in [3.63, 3.8) is 0 Å². The molecular formula is C8H17FN2. The summed E-state index contributed by atoms with van der Waals surface area (Å²) in [6, 6.07) is 0.496. The normalized spacial score (nSPS) is 33.0. The van der Waals surface area contributed by atoms with Gasteiger partial charge in [0.2, 0.25) is 0 Å². The van der Waals surface area contributed by atoms with E-state index in [1.807, 2.05) is 0 Å². The Balaban J connectivity index is 2.23. The van der Waals surface area contributed by atoms with Crippen LogP contribution in [0.15, 0.2) is 0 Å². The van der Waals surface area contributed by atoms with Gasteiger partial charge in [0, 0.05) is 25.7 Å². The number of nitrogens with zero attached hydrogens (tertiary/aromatic N) is 1. The molecule has 1 aliphatic rings. The van der Waals surface area contributed by atoms with Gasteiger partial charge in [0.05, 0.1) is 0 Å². The molecule has 2 atom stereocenters. The highest BCUT2D eigenvalue weighted by Gasteiger charge is 2.26. The molecule has 1 saturated heterocycles. The summed E-state index contributed by atoms with van der Waals surface area (Å²) in [5.74, 6) is 0.659. The fourth-order valence-corrected chi connectivity index (χ4v) is 1.71. The minimum atomic E-state index is -0.257. The zero-order valence-electron chi connectivity index (χ0n) is 7.31. The van der Waals surface area contributed by atoms with Crippen LogP contribution >= 0.6 is 0 Å². The quantitative estimate of drug-likeness (QED) is 0.646. The SMILES string of the molecule is CC1CN(C)CC1NCCF. The van der Waals surface area contributed by atoms with Crippen molar-refractivity contribution in [3.05, 3.63) is 0 Å². The average Bonchev–Trinajstić information content (AvgIpc) is 2.26. The summed E-state index contributed by atoms with van der Waals surface area (Å²) in [5, 5.41) is 3.19. The van der Waals surface area contributed by atoms with Crippen LogP contribution in [0, 0.1) is 5.92 Å². The van der Waals surface area contributed by atoms with Gasteiger partial charge in [-0.15, -0.1) is 0 Å². The Labute approximate surface area is 67.8 Å². The van der Waals surface area contributed by atoms with Gasteiger partial charge in [-0.1, -0.05) is 6.92 Å². The molecule has 0 aliphatic carbocycles. The molecule has 0 amide bonds. The van der Waals surface area contributed by atoms with Crippen LogP contribution < -0.4 is 5.32 Å². The van der Waals surface area contributed by atoms with E-state index in [1.54, 1.807) is 0 Å². The van der Waals surface area contributed by atoms with Gasteiger partial charge in [0.15, 0.2) is 0 Å². The summed E-state index contributed by atoms with van der Waals surface area (Å²) in [5.41, 5.74) is 0. The predicted octanol–water partition coefficient (Wildman–Crippen LogP) is 0.496. The average molecular weight is 160 g/mol. The minimum Gasteiger partial charge on any atom is -0.310 e.